The third-order valence-corrected chi connectivity index (χ3v) is 2.13. The van der Waals surface area contributed by atoms with E-state index in [1.54, 1.807) is 6.92 Å². The van der Waals surface area contributed by atoms with Crippen LogP contribution in [0.4, 0.5) is 0 Å². The maximum Gasteiger partial charge on any atom is 0.169 e. The topological polar surface area (TPSA) is 67.8 Å². The predicted octanol–water partition coefficient (Wildman–Crippen LogP) is 1.11. The Morgan fingerprint density at radius 2 is 2.06 bits per heavy atom. The molecule has 4 nitrogen and oxygen atoms in total. The van der Waals surface area contributed by atoms with Crippen molar-refractivity contribution in [1.29, 1.82) is 0 Å². The summed E-state index contributed by atoms with van der Waals surface area (Å²) in [6, 6.07) is 9.22. The van der Waals surface area contributed by atoms with Crippen molar-refractivity contribution in [3.8, 4) is 0 Å². The summed E-state index contributed by atoms with van der Waals surface area (Å²) < 4.78 is 4.65. The van der Waals surface area contributed by atoms with Crippen molar-refractivity contribution in [3.63, 3.8) is 0 Å². The van der Waals surface area contributed by atoms with Crippen LogP contribution in [0.25, 0.3) is 0 Å². The summed E-state index contributed by atoms with van der Waals surface area (Å²) in [4.78, 5) is 3.74. The van der Waals surface area contributed by atoms with Crippen LogP contribution in [0.15, 0.2) is 35.3 Å². The van der Waals surface area contributed by atoms with Crippen molar-refractivity contribution in [2.24, 2.45) is 10.7 Å². The first-order valence-corrected chi connectivity index (χ1v) is 5.30. The Kier molecular flexibility index (Phi) is 5.53. The van der Waals surface area contributed by atoms with Gasteiger partial charge in [-0.05, 0) is 12.5 Å². The van der Waals surface area contributed by atoms with Gasteiger partial charge >= 0.3 is 0 Å². The van der Waals surface area contributed by atoms with Crippen molar-refractivity contribution < 1.29 is 9.84 Å². The molecule has 2 atom stereocenters. The summed E-state index contributed by atoms with van der Waals surface area (Å²) in [6.07, 6.45) is 0.941. The lowest BCUT2D eigenvalue weighted by Gasteiger charge is -2.13. The smallest absolute Gasteiger partial charge is 0.169 e. The molecular formula is C12H18N2O2. The lowest BCUT2D eigenvalue weighted by Crippen LogP contribution is -2.24. The largest absolute Gasteiger partial charge is 0.482 e. The third kappa shape index (κ3) is 4.42. The minimum absolute atomic E-state index is 0.211. The van der Waals surface area contributed by atoms with Gasteiger partial charge in [0, 0.05) is 6.04 Å². The van der Waals surface area contributed by atoms with E-state index < -0.39 is 6.10 Å². The van der Waals surface area contributed by atoms with Crippen LogP contribution in [0.3, 0.4) is 0 Å². The van der Waals surface area contributed by atoms with Crippen LogP contribution in [0.1, 0.15) is 18.6 Å². The molecule has 2 rings (SSSR count). The van der Waals surface area contributed by atoms with Gasteiger partial charge in [0.05, 0.1) is 12.6 Å². The molecule has 0 bridgehead atoms. The molecule has 0 aromatic heterocycles. The monoisotopic (exact) mass is 222 g/mol. The summed E-state index contributed by atoms with van der Waals surface area (Å²) in [5, 5.41) is 9.47. The number of hydrogen-bond acceptors (Lipinski definition) is 4. The van der Waals surface area contributed by atoms with Gasteiger partial charge in [0.1, 0.15) is 6.61 Å². The van der Waals surface area contributed by atoms with E-state index in [1.807, 2.05) is 30.3 Å². The molecule has 0 amide bonds. The Morgan fingerprint density at radius 3 is 2.44 bits per heavy atom. The van der Waals surface area contributed by atoms with E-state index >= 15 is 0 Å². The first-order chi connectivity index (χ1) is 7.72. The fourth-order valence-corrected chi connectivity index (χ4v) is 1.22. The van der Waals surface area contributed by atoms with E-state index in [1.165, 1.54) is 6.40 Å². The zero-order valence-corrected chi connectivity index (χ0v) is 9.41. The number of nitrogens with two attached hydrogens (primary N) is 1. The quantitative estimate of drug-likeness (QED) is 0.787. The highest BCUT2D eigenvalue weighted by Gasteiger charge is 2.10. The van der Waals surface area contributed by atoms with Crippen molar-refractivity contribution in [3.05, 3.63) is 35.9 Å². The minimum atomic E-state index is -0.545. The molecule has 0 saturated carbocycles. The summed E-state index contributed by atoms with van der Waals surface area (Å²) in [6.45, 7) is 3.41. The van der Waals surface area contributed by atoms with E-state index in [4.69, 9.17) is 5.73 Å². The molecule has 1 aliphatic rings. The second-order valence-corrected chi connectivity index (χ2v) is 3.60. The van der Waals surface area contributed by atoms with Crippen LogP contribution in [0.5, 0.6) is 0 Å². The van der Waals surface area contributed by atoms with Gasteiger partial charge in [-0.15, -0.1) is 0 Å². The van der Waals surface area contributed by atoms with Crippen LogP contribution < -0.4 is 5.73 Å². The van der Waals surface area contributed by atoms with Crippen molar-refractivity contribution >= 4 is 6.40 Å². The van der Waals surface area contributed by atoms with Gasteiger partial charge in [-0.1, -0.05) is 30.3 Å². The molecule has 0 fully saturated rings. The highest BCUT2D eigenvalue weighted by molar-refractivity contribution is 5.47. The summed E-state index contributed by atoms with van der Waals surface area (Å²) in [5.41, 5.74) is 6.40. The van der Waals surface area contributed by atoms with Gasteiger partial charge in [-0.2, -0.15) is 0 Å². The number of rotatable bonds is 2. The number of nitrogens with zero attached hydrogens (tertiary/aromatic N) is 1. The molecule has 16 heavy (non-hydrogen) atoms. The Balaban J connectivity index is 0.000000212. The molecule has 0 spiro atoms. The Labute approximate surface area is 95.8 Å². The Morgan fingerprint density at radius 1 is 1.38 bits per heavy atom. The third-order valence-electron chi connectivity index (χ3n) is 2.13. The maximum atomic E-state index is 9.47. The minimum Gasteiger partial charge on any atom is -0.482 e. The second-order valence-electron chi connectivity index (χ2n) is 3.60. The molecule has 3 N–H and O–H groups in total. The van der Waals surface area contributed by atoms with Gasteiger partial charge < -0.3 is 15.6 Å². The average Bonchev–Trinajstić information content (AvgIpc) is 2.88. The van der Waals surface area contributed by atoms with Crippen LogP contribution in [-0.4, -0.2) is 30.7 Å². The predicted molar refractivity (Wildman–Crippen MR) is 64.4 cm³/mol. The fraction of sp³-hybridized carbons (Fsp3) is 0.417. The molecule has 0 radical (unpaired) electrons. The maximum absolute atomic E-state index is 9.47. The average molecular weight is 222 g/mol. The van der Waals surface area contributed by atoms with Gasteiger partial charge in [-0.3, -0.25) is 4.99 Å². The van der Waals surface area contributed by atoms with Crippen molar-refractivity contribution in [1.82, 2.24) is 0 Å². The Bertz CT molecular complexity index is 306. The standard InChI is InChI=1S/C9H13NO.C3H5NO/c1-7(10)9(11)8-5-3-2-4-6-8;1-2-5-3-4-1/h2-7,9,11H,10H2,1H3;3H,1-2H2/t7?,9-;/m1./s1. The first kappa shape index (κ1) is 12.7. The summed E-state index contributed by atoms with van der Waals surface area (Å²) >= 11 is 0. The van der Waals surface area contributed by atoms with E-state index in [-0.39, 0.29) is 6.04 Å². The van der Waals surface area contributed by atoms with E-state index in [2.05, 4.69) is 9.73 Å². The number of aliphatic hydroxyl groups excluding tert-OH is 1. The summed E-state index contributed by atoms with van der Waals surface area (Å²) in [7, 11) is 0. The second kappa shape index (κ2) is 6.98. The van der Waals surface area contributed by atoms with E-state index in [9.17, 15) is 5.11 Å². The lowest BCUT2D eigenvalue weighted by molar-refractivity contribution is 0.153. The molecule has 0 aliphatic carbocycles. The van der Waals surface area contributed by atoms with Crippen LogP contribution in [0, 0.1) is 0 Å². The number of aliphatic hydroxyl groups is 1. The molecule has 1 heterocycles. The molecule has 88 valence electrons. The van der Waals surface area contributed by atoms with Gasteiger partial charge in [0.15, 0.2) is 6.40 Å². The normalized spacial score (nSPS) is 16.9. The van der Waals surface area contributed by atoms with Gasteiger partial charge in [-0.25, -0.2) is 0 Å². The van der Waals surface area contributed by atoms with E-state index in [0.29, 0.717) is 0 Å². The van der Waals surface area contributed by atoms with Crippen molar-refractivity contribution in [2.45, 2.75) is 19.1 Å². The van der Waals surface area contributed by atoms with Crippen LogP contribution in [-0.2, 0) is 4.74 Å². The number of ether oxygens (including phenoxy) is 1. The molecule has 1 aromatic rings. The molecule has 1 unspecified atom stereocenters. The first-order valence-electron chi connectivity index (χ1n) is 5.30. The number of aliphatic imine (C=N–C) groups is 1. The highest BCUT2D eigenvalue weighted by atomic mass is 16.5. The molecule has 1 aromatic carbocycles. The molecule has 4 heteroatoms. The van der Waals surface area contributed by atoms with E-state index in [0.717, 1.165) is 18.7 Å². The zero-order chi connectivity index (χ0) is 11.8. The van der Waals surface area contributed by atoms with Gasteiger partial charge in [0.25, 0.3) is 0 Å². The number of hydrogen-bond donors (Lipinski definition) is 2. The van der Waals surface area contributed by atoms with Crippen molar-refractivity contribution in [2.75, 3.05) is 13.2 Å². The molecule has 1 aliphatic heterocycles. The highest BCUT2D eigenvalue weighted by Crippen LogP contribution is 2.13. The summed E-state index contributed by atoms with van der Waals surface area (Å²) in [5.74, 6) is 0. The lowest BCUT2D eigenvalue weighted by atomic mass is 10.0. The SMILES string of the molecule is C1=NCCO1.CC(N)[C@@H](O)c1ccccc1. The Hall–Kier alpha value is -1.39. The number of benzene rings is 1. The molecular weight excluding hydrogens is 204 g/mol. The fourth-order valence-electron chi connectivity index (χ4n) is 1.22. The zero-order valence-electron chi connectivity index (χ0n) is 9.41. The van der Waals surface area contributed by atoms with Crippen LogP contribution >= 0.6 is 0 Å². The molecule has 0 saturated heterocycles. The van der Waals surface area contributed by atoms with Crippen LogP contribution in [0.2, 0.25) is 0 Å². The van der Waals surface area contributed by atoms with Gasteiger partial charge in [0.2, 0.25) is 0 Å².